The number of hydrogen-bond acceptors (Lipinski definition) is 6. The Hall–Kier alpha value is -2.22. The molecule has 2 heterocycles. The molecule has 0 aliphatic carbocycles. The molecule has 0 spiro atoms. The number of nitrogens with two attached hydrogens (primary N) is 1. The van der Waals surface area contributed by atoms with E-state index in [4.69, 9.17) is 10.4 Å². The zero-order valence-corrected chi connectivity index (χ0v) is 11.3. The second-order valence-electron chi connectivity index (χ2n) is 5.54. The van der Waals surface area contributed by atoms with Crippen molar-refractivity contribution < 1.29 is 18.9 Å². The fraction of sp³-hybridized carbons (Fsp3) is 0.500. The Morgan fingerprint density at radius 1 is 1.45 bits per heavy atom. The van der Waals surface area contributed by atoms with Crippen molar-refractivity contribution in [2.24, 2.45) is 11.3 Å². The van der Waals surface area contributed by atoms with E-state index in [1.165, 1.54) is 6.07 Å². The summed E-state index contributed by atoms with van der Waals surface area (Å²) in [4.78, 5) is 36.3. The molecule has 3 amide bonds. The first kappa shape index (κ1) is 14.2. The maximum Gasteiger partial charge on any atom is 0.287 e. The van der Waals surface area contributed by atoms with Gasteiger partial charge < -0.3 is 4.52 Å². The summed E-state index contributed by atoms with van der Waals surface area (Å²) in [6.45, 7) is 3.72. The van der Waals surface area contributed by atoms with Crippen LogP contribution in [0.25, 0.3) is 0 Å². The van der Waals surface area contributed by atoms with E-state index in [-0.39, 0.29) is 35.2 Å². The summed E-state index contributed by atoms with van der Waals surface area (Å²) >= 11 is 0. The summed E-state index contributed by atoms with van der Waals surface area (Å²) in [7, 11) is 0. The molecule has 1 saturated heterocycles. The zero-order valence-electron chi connectivity index (χ0n) is 11.3. The lowest BCUT2D eigenvalue weighted by atomic mass is 9.82. The molecule has 0 radical (unpaired) electrons. The van der Waals surface area contributed by atoms with Gasteiger partial charge >= 0.3 is 0 Å². The topological polar surface area (TPSA) is 119 Å². The van der Waals surface area contributed by atoms with Crippen LogP contribution in [-0.4, -0.2) is 27.8 Å². The molecule has 3 N–H and O–H groups in total. The minimum absolute atomic E-state index is 0.000243. The smallest absolute Gasteiger partial charge is 0.287 e. The van der Waals surface area contributed by atoms with Crippen LogP contribution in [0.1, 0.15) is 42.9 Å². The number of carbonyl (C=O) groups excluding carboxylic acids is 3. The van der Waals surface area contributed by atoms with E-state index in [1.807, 2.05) is 19.3 Å². The van der Waals surface area contributed by atoms with Gasteiger partial charge in [-0.3, -0.25) is 24.7 Å². The molecule has 1 fully saturated rings. The first-order valence-corrected chi connectivity index (χ1v) is 6.12. The molecule has 2 rings (SSSR count). The summed E-state index contributed by atoms with van der Waals surface area (Å²) in [5.41, 5.74) is 1.59. The van der Waals surface area contributed by atoms with Crippen molar-refractivity contribution in [1.82, 2.24) is 15.5 Å². The second kappa shape index (κ2) is 5.04. The Balaban J connectivity index is 2.10. The molecular weight excluding hydrogens is 264 g/mol. The third-order valence-corrected chi connectivity index (χ3v) is 3.10. The van der Waals surface area contributed by atoms with Gasteiger partial charge in [0.2, 0.25) is 11.8 Å². The van der Waals surface area contributed by atoms with Gasteiger partial charge in [-0.1, -0.05) is 19.0 Å². The van der Waals surface area contributed by atoms with Crippen molar-refractivity contribution in [2.45, 2.75) is 33.2 Å². The van der Waals surface area contributed by atoms with Gasteiger partial charge in [0.25, 0.3) is 5.91 Å². The maximum absolute atomic E-state index is 12.0. The molecule has 1 aromatic heterocycles. The molecule has 0 aromatic carbocycles. The number of carbonyl (C=O) groups is 3. The predicted molar refractivity (Wildman–Crippen MR) is 66.7 cm³/mol. The molecule has 108 valence electrons. The van der Waals surface area contributed by atoms with Crippen molar-refractivity contribution >= 4 is 17.7 Å². The van der Waals surface area contributed by atoms with Crippen LogP contribution in [0, 0.1) is 5.41 Å². The lowest BCUT2D eigenvalue weighted by Gasteiger charge is -2.34. The van der Waals surface area contributed by atoms with Gasteiger partial charge in [0.15, 0.2) is 11.5 Å². The number of likely N-dealkylation sites (tertiary alicyclic amines) is 1. The SMILES string of the molecule is CC1(C)CC(=O)N(Cc2cc(C(=O)NN)no2)C(=O)C1. The lowest BCUT2D eigenvalue weighted by molar-refractivity contribution is -0.153. The van der Waals surface area contributed by atoms with Gasteiger partial charge in [-0.2, -0.15) is 0 Å². The minimum atomic E-state index is -0.600. The summed E-state index contributed by atoms with van der Waals surface area (Å²) in [6.07, 6.45) is 0.589. The first-order chi connectivity index (χ1) is 9.32. The number of nitrogens with one attached hydrogen (secondary N) is 1. The molecule has 0 bridgehead atoms. The van der Waals surface area contributed by atoms with Crippen molar-refractivity contribution in [2.75, 3.05) is 0 Å². The van der Waals surface area contributed by atoms with Crippen LogP contribution in [0.4, 0.5) is 0 Å². The first-order valence-electron chi connectivity index (χ1n) is 6.12. The van der Waals surface area contributed by atoms with Crippen LogP contribution >= 0.6 is 0 Å². The normalized spacial score (nSPS) is 18.2. The number of amides is 3. The molecule has 0 atom stereocenters. The van der Waals surface area contributed by atoms with Gasteiger partial charge in [-0.05, 0) is 5.41 Å². The summed E-state index contributed by atoms with van der Waals surface area (Å²) < 4.78 is 4.93. The molecule has 20 heavy (non-hydrogen) atoms. The Bertz CT molecular complexity index is 544. The second-order valence-corrected chi connectivity index (χ2v) is 5.54. The summed E-state index contributed by atoms with van der Waals surface area (Å²) in [6, 6.07) is 1.35. The Morgan fingerprint density at radius 2 is 2.05 bits per heavy atom. The van der Waals surface area contributed by atoms with Gasteiger partial charge in [-0.15, -0.1) is 0 Å². The Morgan fingerprint density at radius 3 is 2.60 bits per heavy atom. The van der Waals surface area contributed by atoms with E-state index in [9.17, 15) is 14.4 Å². The van der Waals surface area contributed by atoms with Crippen LogP contribution in [0.5, 0.6) is 0 Å². The van der Waals surface area contributed by atoms with Gasteiger partial charge in [-0.25, -0.2) is 5.84 Å². The average Bonchev–Trinajstić information content (AvgIpc) is 2.80. The van der Waals surface area contributed by atoms with Crippen LogP contribution in [0.15, 0.2) is 10.6 Å². The molecular formula is C12H16N4O4. The molecule has 0 unspecified atom stereocenters. The van der Waals surface area contributed by atoms with Crippen LogP contribution < -0.4 is 11.3 Å². The number of hydrogen-bond donors (Lipinski definition) is 2. The molecule has 1 aliphatic heterocycles. The van der Waals surface area contributed by atoms with E-state index in [0.29, 0.717) is 12.8 Å². The molecule has 1 aromatic rings. The fourth-order valence-corrected chi connectivity index (χ4v) is 2.11. The number of rotatable bonds is 3. The fourth-order valence-electron chi connectivity index (χ4n) is 2.11. The molecule has 8 heteroatoms. The van der Waals surface area contributed by atoms with E-state index < -0.39 is 5.91 Å². The Kier molecular flexibility index (Phi) is 3.58. The van der Waals surface area contributed by atoms with Crippen molar-refractivity contribution in [1.29, 1.82) is 0 Å². The quantitative estimate of drug-likeness (QED) is 0.347. The molecule has 0 saturated carbocycles. The number of aromatic nitrogens is 1. The lowest BCUT2D eigenvalue weighted by Crippen LogP contribution is -2.45. The molecule has 8 nitrogen and oxygen atoms in total. The van der Waals surface area contributed by atoms with Gasteiger partial charge in [0, 0.05) is 18.9 Å². The summed E-state index contributed by atoms with van der Waals surface area (Å²) in [5, 5.41) is 3.51. The van der Waals surface area contributed by atoms with Crippen molar-refractivity contribution in [3.63, 3.8) is 0 Å². The van der Waals surface area contributed by atoms with Crippen molar-refractivity contribution in [3.05, 3.63) is 17.5 Å². The van der Waals surface area contributed by atoms with Crippen LogP contribution in [0.2, 0.25) is 0 Å². The van der Waals surface area contributed by atoms with Crippen molar-refractivity contribution in [3.8, 4) is 0 Å². The van der Waals surface area contributed by atoms with Gasteiger partial charge in [0.05, 0.1) is 6.54 Å². The highest BCUT2D eigenvalue weighted by atomic mass is 16.5. The van der Waals surface area contributed by atoms with Crippen LogP contribution in [-0.2, 0) is 16.1 Å². The van der Waals surface area contributed by atoms with Gasteiger partial charge in [0.1, 0.15) is 0 Å². The highest BCUT2D eigenvalue weighted by Crippen LogP contribution is 2.32. The van der Waals surface area contributed by atoms with Crippen LogP contribution in [0.3, 0.4) is 0 Å². The van der Waals surface area contributed by atoms with E-state index >= 15 is 0 Å². The zero-order chi connectivity index (χ0) is 14.9. The minimum Gasteiger partial charge on any atom is -0.359 e. The van der Waals surface area contributed by atoms with E-state index in [0.717, 1.165) is 4.90 Å². The van der Waals surface area contributed by atoms with E-state index in [1.54, 1.807) is 0 Å². The largest absolute Gasteiger partial charge is 0.359 e. The standard InChI is InChI=1S/C12H16N4O4/c1-12(2)4-9(17)16(10(18)5-12)6-7-3-8(15-20-7)11(19)14-13/h3H,4-6,13H2,1-2H3,(H,14,19). The number of piperidine rings is 1. The highest BCUT2D eigenvalue weighted by Gasteiger charge is 2.37. The highest BCUT2D eigenvalue weighted by molar-refractivity contribution is 5.98. The number of hydrazine groups is 1. The number of nitrogen functional groups attached to an aromatic ring is 1. The predicted octanol–water partition coefficient (Wildman–Crippen LogP) is -0.0467. The number of imide groups is 1. The monoisotopic (exact) mass is 280 g/mol. The summed E-state index contributed by atoms with van der Waals surface area (Å²) in [5.74, 6) is 4.11. The van der Waals surface area contributed by atoms with E-state index in [2.05, 4.69) is 5.16 Å². The Labute approximate surface area is 115 Å². The third kappa shape index (κ3) is 2.85. The maximum atomic E-state index is 12.0. The average molecular weight is 280 g/mol. The molecule has 1 aliphatic rings. The number of nitrogens with zero attached hydrogens (tertiary/aromatic N) is 2. The third-order valence-electron chi connectivity index (χ3n) is 3.10.